The fourth-order valence-electron chi connectivity index (χ4n) is 2.15. The Labute approximate surface area is 95.4 Å². The quantitative estimate of drug-likeness (QED) is 0.718. The highest BCUT2D eigenvalue weighted by atomic mass is 16.4. The van der Waals surface area contributed by atoms with Crippen molar-refractivity contribution in [1.29, 1.82) is 0 Å². The Kier molecular flexibility index (Phi) is 3.17. The molecule has 2 aliphatic carbocycles. The van der Waals surface area contributed by atoms with Gasteiger partial charge in [-0.15, -0.1) is 0 Å². The van der Waals surface area contributed by atoms with Crippen molar-refractivity contribution >= 4 is 11.9 Å². The second-order valence-electron chi connectivity index (χ2n) is 5.08. The number of nitrogens with one attached hydrogen (secondary N) is 1. The number of carboxylic acid groups (broad SMARTS) is 1. The molecule has 2 fully saturated rings. The van der Waals surface area contributed by atoms with Crippen molar-refractivity contribution in [3.8, 4) is 0 Å². The fraction of sp³-hybridized carbons (Fsp3) is 0.833. The van der Waals surface area contributed by atoms with Crippen LogP contribution in [0.1, 0.15) is 39.0 Å². The van der Waals surface area contributed by atoms with E-state index in [1.165, 1.54) is 12.8 Å². The highest BCUT2D eigenvalue weighted by Crippen LogP contribution is 2.39. The van der Waals surface area contributed by atoms with Crippen LogP contribution in [0.2, 0.25) is 0 Å². The van der Waals surface area contributed by atoms with E-state index in [1.807, 2.05) is 0 Å². The molecule has 0 aromatic heterocycles. The molecule has 1 amide bonds. The minimum absolute atomic E-state index is 0.0556. The number of hydrogen-bond donors (Lipinski definition) is 2. The molecule has 0 saturated heterocycles. The number of carbonyl (C=O) groups excluding carboxylic acids is 1. The fourth-order valence-corrected chi connectivity index (χ4v) is 2.15. The number of aliphatic carboxylic acids is 1. The molecule has 0 aromatic carbocycles. The molecule has 4 heteroatoms. The van der Waals surface area contributed by atoms with Gasteiger partial charge in [-0.1, -0.05) is 19.8 Å². The van der Waals surface area contributed by atoms with Crippen LogP contribution in [0.15, 0.2) is 0 Å². The van der Waals surface area contributed by atoms with Crippen molar-refractivity contribution in [1.82, 2.24) is 5.32 Å². The second kappa shape index (κ2) is 4.44. The molecule has 0 aliphatic heterocycles. The molecule has 16 heavy (non-hydrogen) atoms. The maximum absolute atomic E-state index is 11.7. The predicted molar refractivity (Wildman–Crippen MR) is 58.8 cm³/mol. The largest absolute Gasteiger partial charge is 0.481 e. The summed E-state index contributed by atoms with van der Waals surface area (Å²) in [6, 6.07) is 0.245. The molecular weight excluding hydrogens is 206 g/mol. The number of rotatable bonds is 6. The zero-order chi connectivity index (χ0) is 11.7. The lowest BCUT2D eigenvalue weighted by Gasteiger charge is -2.16. The molecule has 0 aromatic rings. The Bertz CT molecular complexity index is 299. The third-order valence-electron chi connectivity index (χ3n) is 3.60. The molecule has 2 saturated carbocycles. The summed E-state index contributed by atoms with van der Waals surface area (Å²) in [6.07, 6.45) is 5.08. The van der Waals surface area contributed by atoms with Crippen LogP contribution in [-0.4, -0.2) is 23.0 Å². The lowest BCUT2D eigenvalue weighted by Crippen LogP contribution is -2.36. The molecule has 0 radical (unpaired) electrons. The SMILES string of the molecule is CCC(CC1CC1)NC(=O)C1CC1C(=O)O. The first kappa shape index (κ1) is 11.4. The first-order valence-electron chi connectivity index (χ1n) is 6.15. The smallest absolute Gasteiger partial charge is 0.307 e. The van der Waals surface area contributed by atoms with Crippen molar-refractivity contribution in [2.45, 2.75) is 45.1 Å². The third kappa shape index (κ3) is 2.74. The van der Waals surface area contributed by atoms with E-state index >= 15 is 0 Å². The molecule has 2 aliphatic rings. The molecule has 2 N–H and O–H groups in total. The van der Waals surface area contributed by atoms with Gasteiger partial charge in [-0.2, -0.15) is 0 Å². The van der Waals surface area contributed by atoms with Gasteiger partial charge in [0, 0.05) is 6.04 Å². The van der Waals surface area contributed by atoms with Gasteiger partial charge < -0.3 is 10.4 Å². The van der Waals surface area contributed by atoms with Crippen LogP contribution in [0.4, 0.5) is 0 Å². The summed E-state index contributed by atoms with van der Waals surface area (Å²) in [4.78, 5) is 22.4. The predicted octanol–water partition coefficient (Wildman–Crippen LogP) is 1.40. The van der Waals surface area contributed by atoms with Gasteiger partial charge in [-0.05, 0) is 25.2 Å². The van der Waals surface area contributed by atoms with E-state index in [2.05, 4.69) is 12.2 Å². The molecular formula is C12H19NO3. The average Bonchev–Trinajstić information content (AvgIpc) is 3.10. The summed E-state index contributed by atoms with van der Waals surface area (Å²) < 4.78 is 0. The van der Waals surface area contributed by atoms with E-state index in [0.717, 1.165) is 18.8 Å². The van der Waals surface area contributed by atoms with E-state index in [1.54, 1.807) is 0 Å². The van der Waals surface area contributed by atoms with Gasteiger partial charge in [0.25, 0.3) is 0 Å². The van der Waals surface area contributed by atoms with Gasteiger partial charge in [-0.25, -0.2) is 0 Å². The van der Waals surface area contributed by atoms with Crippen LogP contribution in [0, 0.1) is 17.8 Å². The highest BCUT2D eigenvalue weighted by molar-refractivity contribution is 5.89. The van der Waals surface area contributed by atoms with Crippen molar-refractivity contribution < 1.29 is 14.7 Å². The Balaban J connectivity index is 1.75. The number of carbonyl (C=O) groups is 2. The first-order chi connectivity index (χ1) is 7.61. The van der Waals surface area contributed by atoms with Crippen LogP contribution in [0.5, 0.6) is 0 Å². The topological polar surface area (TPSA) is 66.4 Å². The van der Waals surface area contributed by atoms with E-state index in [4.69, 9.17) is 5.11 Å². The van der Waals surface area contributed by atoms with Gasteiger partial charge in [-0.3, -0.25) is 9.59 Å². The molecule has 3 unspecified atom stereocenters. The molecule has 0 heterocycles. The van der Waals surface area contributed by atoms with E-state index < -0.39 is 11.9 Å². The van der Waals surface area contributed by atoms with E-state index in [0.29, 0.717) is 6.42 Å². The minimum Gasteiger partial charge on any atom is -0.481 e. The monoisotopic (exact) mass is 225 g/mol. The Morgan fingerprint density at radius 3 is 2.50 bits per heavy atom. The summed E-state index contributed by atoms with van der Waals surface area (Å²) >= 11 is 0. The van der Waals surface area contributed by atoms with Crippen LogP contribution in [-0.2, 0) is 9.59 Å². The van der Waals surface area contributed by atoms with Crippen molar-refractivity contribution in [3.05, 3.63) is 0 Å². The summed E-state index contributed by atoms with van der Waals surface area (Å²) in [6.45, 7) is 2.06. The zero-order valence-corrected chi connectivity index (χ0v) is 9.61. The maximum atomic E-state index is 11.7. The summed E-state index contributed by atoms with van der Waals surface area (Å²) in [5, 5.41) is 11.7. The summed E-state index contributed by atoms with van der Waals surface area (Å²) in [5.41, 5.74) is 0. The molecule has 2 rings (SSSR count). The first-order valence-corrected chi connectivity index (χ1v) is 6.15. The number of carboxylic acids is 1. The van der Waals surface area contributed by atoms with Gasteiger partial charge in [0.05, 0.1) is 11.8 Å². The molecule has 0 bridgehead atoms. The summed E-state index contributed by atoms with van der Waals surface area (Å²) in [7, 11) is 0. The van der Waals surface area contributed by atoms with E-state index in [9.17, 15) is 9.59 Å². The molecule has 0 spiro atoms. The average molecular weight is 225 g/mol. The van der Waals surface area contributed by atoms with Crippen LogP contribution in [0.25, 0.3) is 0 Å². The Morgan fingerprint density at radius 1 is 1.38 bits per heavy atom. The Hall–Kier alpha value is -1.06. The van der Waals surface area contributed by atoms with Gasteiger partial charge >= 0.3 is 5.97 Å². The van der Waals surface area contributed by atoms with Crippen molar-refractivity contribution in [2.24, 2.45) is 17.8 Å². The second-order valence-corrected chi connectivity index (χ2v) is 5.08. The van der Waals surface area contributed by atoms with Crippen LogP contribution < -0.4 is 5.32 Å². The third-order valence-corrected chi connectivity index (χ3v) is 3.60. The number of hydrogen-bond acceptors (Lipinski definition) is 2. The molecule has 90 valence electrons. The van der Waals surface area contributed by atoms with Gasteiger partial charge in [0.2, 0.25) is 5.91 Å². The molecule has 3 atom stereocenters. The van der Waals surface area contributed by atoms with E-state index in [-0.39, 0.29) is 17.9 Å². The Morgan fingerprint density at radius 2 is 2.06 bits per heavy atom. The van der Waals surface area contributed by atoms with Crippen LogP contribution >= 0.6 is 0 Å². The standard InChI is InChI=1S/C12H19NO3/c1-2-8(5-7-3-4-7)13-11(14)9-6-10(9)12(15)16/h7-10H,2-6H2,1H3,(H,13,14)(H,15,16). The van der Waals surface area contributed by atoms with Gasteiger partial charge in [0.15, 0.2) is 0 Å². The lowest BCUT2D eigenvalue weighted by atomic mass is 10.1. The highest BCUT2D eigenvalue weighted by Gasteiger charge is 2.48. The van der Waals surface area contributed by atoms with Crippen LogP contribution in [0.3, 0.4) is 0 Å². The normalized spacial score (nSPS) is 29.6. The maximum Gasteiger partial charge on any atom is 0.307 e. The van der Waals surface area contributed by atoms with Crippen molar-refractivity contribution in [3.63, 3.8) is 0 Å². The summed E-state index contributed by atoms with van der Waals surface area (Å²) in [5.74, 6) is -0.806. The molecule has 4 nitrogen and oxygen atoms in total. The lowest BCUT2D eigenvalue weighted by molar-refractivity contribution is -0.140. The minimum atomic E-state index is -0.838. The van der Waals surface area contributed by atoms with Gasteiger partial charge in [0.1, 0.15) is 0 Å². The number of amides is 1. The van der Waals surface area contributed by atoms with Crippen molar-refractivity contribution in [2.75, 3.05) is 0 Å². The zero-order valence-electron chi connectivity index (χ0n) is 9.61.